The van der Waals surface area contributed by atoms with Gasteiger partial charge in [-0.05, 0) is 47.8 Å². The second kappa shape index (κ2) is 3.62. The zero-order valence-corrected chi connectivity index (χ0v) is 8.88. The summed E-state index contributed by atoms with van der Waals surface area (Å²) in [6.45, 7) is 0. The molecule has 0 bridgehead atoms. The summed E-state index contributed by atoms with van der Waals surface area (Å²) >= 11 is 6.24. The first-order valence-electron chi connectivity index (χ1n) is 1.29. The third kappa shape index (κ3) is 7.51. The summed E-state index contributed by atoms with van der Waals surface area (Å²) in [5.41, 5.74) is 0. The molecule has 0 radical (unpaired) electrons. The smallest absolute Gasteiger partial charge is 0.284 e. The highest BCUT2D eigenvalue weighted by Gasteiger charge is 2.20. The van der Waals surface area contributed by atoms with Gasteiger partial charge in [0.1, 0.15) is 0 Å². The second-order valence-corrected chi connectivity index (χ2v) is 7.89. The van der Waals surface area contributed by atoms with Crippen LogP contribution >= 0.6 is 47.8 Å². The lowest BCUT2D eigenvalue weighted by Crippen LogP contribution is -2.07. The molecule has 8 heavy (non-hydrogen) atoms. The van der Waals surface area contributed by atoms with E-state index in [1.165, 1.54) is 0 Å². The van der Waals surface area contributed by atoms with Gasteiger partial charge in [0.25, 0.3) is 0 Å². The number of rotatable bonds is 1. The molecule has 0 spiro atoms. The molecular weight excluding hydrogens is 332 g/mol. The van der Waals surface area contributed by atoms with Crippen LogP contribution in [0.25, 0.3) is 0 Å². The van der Waals surface area contributed by atoms with Crippen molar-refractivity contribution in [3.63, 3.8) is 0 Å². The van der Waals surface area contributed by atoms with Gasteiger partial charge in [-0.15, -0.1) is 0 Å². The van der Waals surface area contributed by atoms with Crippen LogP contribution in [0.2, 0.25) is 0 Å². The molecule has 0 aromatic rings. The van der Waals surface area contributed by atoms with Crippen molar-refractivity contribution >= 4 is 59.2 Å². The Morgan fingerprint density at radius 3 is 1.88 bits per heavy atom. The maximum Gasteiger partial charge on any atom is 0.304 e. The van der Waals surface area contributed by atoms with Gasteiger partial charge in [-0.2, -0.15) is 4.21 Å². The summed E-state index contributed by atoms with van der Waals surface area (Å²) in [7, 11) is 0. The molecule has 50 valence electrons. The van der Waals surface area contributed by atoms with Gasteiger partial charge in [-0.25, -0.2) is 4.18 Å². The van der Waals surface area contributed by atoms with Crippen molar-refractivity contribution in [3.05, 3.63) is 0 Å². The Kier molecular flexibility index (Phi) is 4.31. The van der Waals surface area contributed by atoms with Gasteiger partial charge in [-0.1, -0.05) is 0 Å². The molecule has 0 aromatic carbocycles. The van der Waals surface area contributed by atoms with Crippen LogP contribution in [-0.2, 0) is 15.5 Å². The summed E-state index contributed by atoms with van der Waals surface area (Å²) < 4.78 is 21.0. The molecule has 0 heterocycles. The Bertz CT molecular complexity index is 97.2. The molecule has 0 aliphatic rings. The molecule has 0 fully saturated rings. The zero-order valence-electron chi connectivity index (χ0n) is 3.31. The average Bonchev–Trinajstić information content (AvgIpc) is 1.21. The van der Waals surface area contributed by atoms with Crippen LogP contribution in [0.15, 0.2) is 0 Å². The summed E-state index contributed by atoms with van der Waals surface area (Å²) in [4.78, 5) is 0. The fourth-order valence-corrected chi connectivity index (χ4v) is 1.26. The normalized spacial score (nSPS) is 16.0. The molecule has 0 aliphatic carbocycles. The Labute approximate surface area is 74.0 Å². The quantitative estimate of drug-likeness (QED) is 0.589. The van der Waals surface area contributed by atoms with E-state index in [0.717, 1.165) is 0 Å². The van der Waals surface area contributed by atoms with Crippen LogP contribution in [-0.4, -0.2) is 11.1 Å². The summed E-state index contributed by atoms with van der Waals surface area (Å²) in [5, 5.41) is 0. The highest BCUT2D eigenvalue weighted by Crippen LogP contribution is 2.34. The zero-order chi connectivity index (χ0) is 6.78. The van der Waals surface area contributed by atoms with Gasteiger partial charge >= 0.3 is 11.4 Å². The second-order valence-electron chi connectivity index (χ2n) is 0.746. The first-order valence-corrected chi connectivity index (χ1v) is 4.70. The highest BCUT2D eigenvalue weighted by atomic mass is 80.0. The largest absolute Gasteiger partial charge is 0.304 e. The van der Waals surface area contributed by atoms with E-state index in [4.69, 9.17) is 4.55 Å². The summed E-state index contributed by atoms with van der Waals surface area (Å²) in [6.07, 6.45) is 0. The van der Waals surface area contributed by atoms with E-state index in [9.17, 15) is 4.21 Å². The molecule has 0 aliphatic heterocycles. The number of halogens is 3. The molecule has 7 heteroatoms. The third-order valence-corrected chi connectivity index (χ3v) is 1.69. The first-order chi connectivity index (χ1) is 3.42. The van der Waals surface area contributed by atoms with E-state index in [-0.39, 0.29) is 0 Å². The van der Waals surface area contributed by atoms with E-state index in [1.54, 1.807) is 0 Å². The fraction of sp³-hybridized carbons (Fsp3) is 1.00. The summed E-state index contributed by atoms with van der Waals surface area (Å²) in [5.74, 6) is 0. The van der Waals surface area contributed by atoms with E-state index in [0.29, 0.717) is 0 Å². The van der Waals surface area contributed by atoms with Crippen LogP contribution in [0.4, 0.5) is 0 Å². The predicted octanol–water partition coefficient (Wildman–Crippen LogP) is 1.94. The first kappa shape index (κ1) is 9.51. The Hall–Kier alpha value is 1.51. The van der Waals surface area contributed by atoms with Gasteiger partial charge in [0, 0.05) is 0 Å². The van der Waals surface area contributed by atoms with Crippen molar-refractivity contribution in [2.24, 2.45) is 0 Å². The Morgan fingerprint density at radius 2 is 1.88 bits per heavy atom. The molecular formula is CHBr3O3S. The lowest BCUT2D eigenvalue weighted by Gasteiger charge is -2.06. The maximum atomic E-state index is 9.81. The molecule has 0 saturated carbocycles. The van der Waals surface area contributed by atoms with Crippen LogP contribution in [0.5, 0.6) is 0 Å². The number of hydrogen-bond donors (Lipinski definition) is 1. The van der Waals surface area contributed by atoms with Crippen molar-refractivity contribution in [3.8, 4) is 0 Å². The minimum absolute atomic E-state index is 1.09. The lowest BCUT2D eigenvalue weighted by atomic mass is 11.7. The molecule has 3 nitrogen and oxygen atoms in total. The van der Waals surface area contributed by atoms with Crippen LogP contribution in [0.3, 0.4) is 0 Å². The van der Waals surface area contributed by atoms with Gasteiger partial charge in [-0.3, -0.25) is 4.55 Å². The number of hydrogen-bond acceptors (Lipinski definition) is 2. The lowest BCUT2D eigenvalue weighted by molar-refractivity contribution is 0.337. The van der Waals surface area contributed by atoms with Crippen LogP contribution < -0.4 is 0 Å². The fourth-order valence-electron chi connectivity index (χ4n) is 0.0808. The van der Waals surface area contributed by atoms with Crippen molar-refractivity contribution < 1.29 is 12.9 Å². The van der Waals surface area contributed by atoms with E-state index in [1.807, 2.05) is 0 Å². The van der Waals surface area contributed by atoms with Crippen molar-refractivity contribution in [2.45, 2.75) is 2.33 Å². The predicted molar refractivity (Wildman–Crippen MR) is 41.4 cm³/mol. The van der Waals surface area contributed by atoms with Gasteiger partial charge in [0.05, 0.1) is 0 Å². The van der Waals surface area contributed by atoms with E-state index in [2.05, 4.69) is 52.0 Å². The van der Waals surface area contributed by atoms with Crippen molar-refractivity contribution in [2.75, 3.05) is 0 Å². The molecule has 1 atom stereocenters. The summed E-state index contributed by atoms with van der Waals surface area (Å²) in [6, 6.07) is 0. The standard InChI is InChI=1S/CHBr3O3S/c2-1(3,4)7-8(5)6/h(H,5,6). The van der Waals surface area contributed by atoms with Crippen molar-refractivity contribution in [1.29, 1.82) is 0 Å². The minimum atomic E-state index is -2.28. The van der Waals surface area contributed by atoms with Gasteiger partial charge < -0.3 is 0 Å². The highest BCUT2D eigenvalue weighted by molar-refractivity contribution is 9.39. The SMILES string of the molecule is O=S(O)OC(Br)(Br)Br. The van der Waals surface area contributed by atoms with Gasteiger partial charge in [0.2, 0.25) is 2.33 Å². The Balaban J connectivity index is 3.55. The molecule has 0 saturated heterocycles. The topological polar surface area (TPSA) is 46.5 Å². The number of alkyl halides is 3. The average molecular weight is 333 g/mol. The van der Waals surface area contributed by atoms with Crippen LogP contribution in [0, 0.1) is 0 Å². The van der Waals surface area contributed by atoms with Crippen molar-refractivity contribution in [1.82, 2.24) is 0 Å². The third-order valence-electron chi connectivity index (χ3n) is 0.166. The monoisotopic (exact) mass is 330 g/mol. The molecule has 1 N–H and O–H groups in total. The van der Waals surface area contributed by atoms with E-state index < -0.39 is 13.7 Å². The van der Waals surface area contributed by atoms with Gasteiger partial charge in [0.15, 0.2) is 0 Å². The minimum Gasteiger partial charge on any atom is -0.284 e. The van der Waals surface area contributed by atoms with Crippen LogP contribution in [0.1, 0.15) is 0 Å². The molecule has 0 aromatic heterocycles. The Morgan fingerprint density at radius 1 is 1.50 bits per heavy atom. The molecule has 0 rings (SSSR count). The van der Waals surface area contributed by atoms with E-state index >= 15 is 0 Å². The maximum absolute atomic E-state index is 9.81. The molecule has 0 amide bonds. The molecule has 1 unspecified atom stereocenters.